The molecule has 4 heteroatoms. The van der Waals surface area contributed by atoms with Crippen molar-refractivity contribution in [2.75, 3.05) is 4.90 Å². The molecular weight excluding hydrogens is 725 g/mol. The van der Waals surface area contributed by atoms with Crippen LogP contribution in [0, 0.1) is 0 Å². The van der Waals surface area contributed by atoms with E-state index in [-0.39, 0.29) is 0 Å². The Bertz CT molecular complexity index is 3500. The van der Waals surface area contributed by atoms with Crippen molar-refractivity contribution in [2.45, 2.75) is 0 Å². The molecule has 0 amide bonds. The topological polar surface area (TPSA) is 21.3 Å². The molecule has 0 aliphatic heterocycles. The lowest BCUT2D eigenvalue weighted by Crippen LogP contribution is -2.09. The van der Waals surface area contributed by atoms with Crippen molar-refractivity contribution in [3.8, 4) is 27.9 Å². The first kappa shape index (κ1) is 32.8. The van der Waals surface area contributed by atoms with E-state index >= 15 is 0 Å². The van der Waals surface area contributed by atoms with Crippen LogP contribution in [0.4, 0.5) is 17.1 Å². The summed E-state index contributed by atoms with van der Waals surface area (Å²) in [5.74, 6) is 0. The van der Waals surface area contributed by atoms with Gasteiger partial charge in [0, 0.05) is 64.5 Å². The van der Waals surface area contributed by atoms with Crippen molar-refractivity contribution in [1.29, 1.82) is 0 Å². The van der Waals surface area contributed by atoms with E-state index in [1.165, 1.54) is 64.2 Å². The van der Waals surface area contributed by atoms with E-state index in [0.717, 1.165) is 44.7 Å². The molecule has 12 rings (SSSR count). The molecule has 0 atom stereocenters. The van der Waals surface area contributed by atoms with E-state index in [4.69, 9.17) is 4.42 Å². The second kappa shape index (κ2) is 13.1. The highest BCUT2D eigenvalue weighted by Gasteiger charge is 2.18. The predicted octanol–water partition coefficient (Wildman–Crippen LogP) is 15.9. The molecular formula is C54H34N2OS. The van der Waals surface area contributed by atoms with E-state index in [2.05, 4.69) is 204 Å². The Labute approximate surface area is 338 Å². The van der Waals surface area contributed by atoms with Gasteiger partial charge in [0.15, 0.2) is 0 Å². The number of nitrogens with zero attached hydrogens (tertiary/aromatic N) is 2. The molecule has 0 N–H and O–H groups in total. The monoisotopic (exact) mass is 758 g/mol. The molecule has 9 aromatic carbocycles. The number of aromatic nitrogens is 1. The van der Waals surface area contributed by atoms with Gasteiger partial charge in [-0.15, -0.1) is 11.3 Å². The first-order chi connectivity index (χ1) is 28.7. The maximum atomic E-state index is 6.24. The summed E-state index contributed by atoms with van der Waals surface area (Å²) in [4.78, 5) is 2.35. The number of hydrogen-bond acceptors (Lipinski definition) is 3. The molecule has 3 heterocycles. The first-order valence-corrected chi connectivity index (χ1v) is 20.5. The van der Waals surface area contributed by atoms with E-state index in [1.54, 1.807) is 0 Å². The van der Waals surface area contributed by atoms with Crippen molar-refractivity contribution in [1.82, 2.24) is 4.57 Å². The van der Waals surface area contributed by atoms with Gasteiger partial charge in [-0.3, -0.25) is 0 Å². The van der Waals surface area contributed by atoms with E-state index < -0.39 is 0 Å². The van der Waals surface area contributed by atoms with Crippen molar-refractivity contribution >= 4 is 92.3 Å². The Hall–Kier alpha value is -7.40. The summed E-state index contributed by atoms with van der Waals surface area (Å²) in [6.45, 7) is 0. The SMILES string of the molecule is c1ccc(-n2c3ccccc3c3ccc(-c4ccc(N(c5ccc(-c6ccc7c(c6)sc6ccccc67)cc5)c5ccc6oc7ccccc7c6c5)cc4)cc32)cc1. The van der Waals surface area contributed by atoms with Crippen molar-refractivity contribution in [2.24, 2.45) is 0 Å². The van der Waals surface area contributed by atoms with Crippen molar-refractivity contribution < 1.29 is 4.42 Å². The first-order valence-electron chi connectivity index (χ1n) is 19.7. The lowest BCUT2D eigenvalue weighted by molar-refractivity contribution is 0.669. The van der Waals surface area contributed by atoms with Crippen LogP contribution in [0.5, 0.6) is 0 Å². The number of anilines is 3. The lowest BCUT2D eigenvalue weighted by Gasteiger charge is -2.26. The highest BCUT2D eigenvalue weighted by Crippen LogP contribution is 2.42. The normalized spacial score (nSPS) is 11.8. The minimum atomic E-state index is 0.885. The minimum Gasteiger partial charge on any atom is -0.456 e. The second-order valence-electron chi connectivity index (χ2n) is 14.9. The van der Waals surface area contributed by atoms with Gasteiger partial charge in [0.2, 0.25) is 0 Å². The molecule has 0 aliphatic carbocycles. The van der Waals surface area contributed by atoms with Crippen LogP contribution in [0.1, 0.15) is 0 Å². The van der Waals surface area contributed by atoms with Crippen LogP contribution < -0.4 is 4.90 Å². The van der Waals surface area contributed by atoms with Gasteiger partial charge in [-0.1, -0.05) is 121 Å². The molecule has 0 unspecified atom stereocenters. The van der Waals surface area contributed by atoms with Gasteiger partial charge < -0.3 is 13.9 Å². The predicted molar refractivity (Wildman–Crippen MR) is 247 cm³/mol. The van der Waals surface area contributed by atoms with Crippen LogP contribution in [0.15, 0.2) is 211 Å². The van der Waals surface area contributed by atoms with Gasteiger partial charge in [-0.05, 0) is 107 Å². The van der Waals surface area contributed by atoms with Gasteiger partial charge >= 0.3 is 0 Å². The third-order valence-electron chi connectivity index (χ3n) is 11.6. The Morgan fingerprint density at radius 2 is 0.897 bits per heavy atom. The zero-order chi connectivity index (χ0) is 38.2. The molecule has 0 spiro atoms. The number of benzene rings is 9. The lowest BCUT2D eigenvalue weighted by atomic mass is 10.0. The molecule has 0 radical (unpaired) electrons. The Kier molecular flexibility index (Phi) is 7.40. The number of fused-ring (bicyclic) bond motifs is 9. The number of para-hydroxylation sites is 3. The van der Waals surface area contributed by atoms with Gasteiger partial charge in [-0.25, -0.2) is 0 Å². The maximum Gasteiger partial charge on any atom is 0.135 e. The number of rotatable bonds is 6. The fraction of sp³-hybridized carbons (Fsp3) is 0. The van der Waals surface area contributed by atoms with E-state index in [0.29, 0.717) is 0 Å². The average Bonchev–Trinajstić information content (AvgIpc) is 3.96. The summed E-state index contributed by atoms with van der Waals surface area (Å²) in [6.07, 6.45) is 0. The van der Waals surface area contributed by atoms with Crippen molar-refractivity contribution in [3.05, 3.63) is 206 Å². The molecule has 272 valence electrons. The fourth-order valence-corrected chi connectivity index (χ4v) is 9.96. The van der Waals surface area contributed by atoms with Gasteiger partial charge in [-0.2, -0.15) is 0 Å². The van der Waals surface area contributed by atoms with Crippen LogP contribution in [-0.2, 0) is 0 Å². The standard InChI is InChI=1S/C54H34N2OS/c1-2-10-39(11-3-1)56-49-15-7-4-12-43(49)44-29-22-37(32-50(44)56)35-18-24-40(25-19-35)55(42-28-31-52-48(34-42)45-13-5-8-16-51(45)57-52)41-26-20-36(21-27-41)38-23-30-47-46-14-6-9-17-53(46)58-54(47)33-38/h1-34H. The second-order valence-corrected chi connectivity index (χ2v) is 16.0. The largest absolute Gasteiger partial charge is 0.456 e. The zero-order valence-corrected chi connectivity index (χ0v) is 32.2. The van der Waals surface area contributed by atoms with Crippen molar-refractivity contribution in [3.63, 3.8) is 0 Å². The summed E-state index contributed by atoms with van der Waals surface area (Å²) in [6, 6.07) is 74.5. The maximum absolute atomic E-state index is 6.24. The highest BCUT2D eigenvalue weighted by atomic mass is 32.1. The van der Waals surface area contributed by atoms with Crippen LogP contribution in [0.25, 0.3) is 91.9 Å². The number of thiophene rings is 1. The fourth-order valence-electron chi connectivity index (χ4n) is 8.82. The van der Waals surface area contributed by atoms with Gasteiger partial charge in [0.05, 0.1) is 11.0 Å². The smallest absolute Gasteiger partial charge is 0.135 e. The zero-order valence-electron chi connectivity index (χ0n) is 31.3. The Morgan fingerprint density at radius 1 is 0.345 bits per heavy atom. The molecule has 0 saturated heterocycles. The van der Waals surface area contributed by atoms with Crippen LogP contribution in [-0.4, -0.2) is 4.57 Å². The third-order valence-corrected chi connectivity index (χ3v) is 12.7. The average molecular weight is 759 g/mol. The summed E-state index contributed by atoms with van der Waals surface area (Å²) >= 11 is 1.86. The number of hydrogen-bond donors (Lipinski definition) is 0. The quantitative estimate of drug-likeness (QED) is 0.168. The molecule has 3 aromatic heterocycles. The van der Waals surface area contributed by atoms with E-state index in [9.17, 15) is 0 Å². The summed E-state index contributed by atoms with van der Waals surface area (Å²) in [5, 5.41) is 7.36. The van der Waals surface area contributed by atoms with Gasteiger partial charge in [0.25, 0.3) is 0 Å². The number of furan rings is 1. The molecule has 58 heavy (non-hydrogen) atoms. The van der Waals surface area contributed by atoms with Crippen LogP contribution >= 0.6 is 11.3 Å². The Balaban J connectivity index is 0.956. The molecule has 3 nitrogen and oxygen atoms in total. The third kappa shape index (κ3) is 5.27. The summed E-state index contributed by atoms with van der Waals surface area (Å²) in [7, 11) is 0. The highest BCUT2D eigenvalue weighted by molar-refractivity contribution is 7.25. The molecule has 0 fully saturated rings. The van der Waals surface area contributed by atoms with Crippen LogP contribution in [0.3, 0.4) is 0 Å². The molecule has 0 aliphatic rings. The van der Waals surface area contributed by atoms with E-state index in [1.807, 2.05) is 23.5 Å². The molecule has 0 saturated carbocycles. The summed E-state index contributed by atoms with van der Waals surface area (Å²) in [5.41, 5.74) is 13.3. The van der Waals surface area contributed by atoms with Gasteiger partial charge in [0.1, 0.15) is 11.2 Å². The Morgan fingerprint density at radius 3 is 1.67 bits per heavy atom. The molecule has 0 bridgehead atoms. The van der Waals surface area contributed by atoms with Crippen LogP contribution in [0.2, 0.25) is 0 Å². The summed E-state index contributed by atoms with van der Waals surface area (Å²) < 4.78 is 11.3. The minimum absolute atomic E-state index is 0.885. The molecule has 12 aromatic rings.